The first kappa shape index (κ1) is 17.3. The second kappa shape index (κ2) is 8.50. The molecule has 1 saturated heterocycles. The van der Waals surface area contributed by atoms with E-state index in [1.54, 1.807) is 0 Å². The molecule has 1 N–H and O–H groups in total. The van der Waals surface area contributed by atoms with Crippen molar-refractivity contribution in [3.05, 3.63) is 66.2 Å². The normalized spacial score (nSPS) is 20.7. The van der Waals surface area contributed by atoms with E-state index in [0.29, 0.717) is 18.7 Å². The van der Waals surface area contributed by atoms with Gasteiger partial charge in [0.1, 0.15) is 24.6 Å². The van der Waals surface area contributed by atoms with Crippen LogP contribution in [-0.4, -0.2) is 41.6 Å². The Morgan fingerprint density at radius 2 is 1.76 bits per heavy atom. The third-order valence-corrected chi connectivity index (χ3v) is 3.92. The van der Waals surface area contributed by atoms with Crippen LogP contribution in [0, 0.1) is 0 Å². The van der Waals surface area contributed by atoms with E-state index >= 15 is 0 Å². The summed E-state index contributed by atoms with van der Waals surface area (Å²) in [7, 11) is 0. The van der Waals surface area contributed by atoms with Crippen molar-refractivity contribution in [1.82, 2.24) is 5.06 Å². The summed E-state index contributed by atoms with van der Waals surface area (Å²) >= 11 is 0. The fraction of sp³-hybridized carbons (Fsp3) is 0.316. The maximum Gasteiger partial charge on any atom is 0.528 e. The first-order valence-corrected chi connectivity index (χ1v) is 8.24. The lowest BCUT2D eigenvalue weighted by Crippen LogP contribution is -2.49. The van der Waals surface area contributed by atoms with Gasteiger partial charge in [0.15, 0.2) is 0 Å². The van der Waals surface area contributed by atoms with Crippen LogP contribution in [0.2, 0.25) is 0 Å². The van der Waals surface area contributed by atoms with Gasteiger partial charge in [0.2, 0.25) is 0 Å². The maximum atomic E-state index is 11.8. The minimum Gasteiger partial charge on any atom is -0.488 e. The first-order chi connectivity index (χ1) is 12.2. The molecule has 2 aromatic carbocycles. The number of benzene rings is 2. The summed E-state index contributed by atoms with van der Waals surface area (Å²) in [6.45, 7) is 0.794. The van der Waals surface area contributed by atoms with Gasteiger partial charge in [-0.1, -0.05) is 48.5 Å². The van der Waals surface area contributed by atoms with E-state index in [-0.39, 0.29) is 19.3 Å². The molecule has 0 radical (unpaired) electrons. The number of hydrogen-bond donors (Lipinski definition) is 1. The second-order valence-electron chi connectivity index (χ2n) is 5.83. The molecule has 0 spiro atoms. The van der Waals surface area contributed by atoms with Crippen molar-refractivity contribution in [2.75, 3.05) is 13.1 Å². The van der Waals surface area contributed by atoms with Crippen LogP contribution in [0.1, 0.15) is 12.0 Å². The van der Waals surface area contributed by atoms with Crippen LogP contribution in [0.15, 0.2) is 60.7 Å². The highest BCUT2D eigenvalue weighted by Gasteiger charge is 2.31. The maximum absolute atomic E-state index is 11.8. The van der Waals surface area contributed by atoms with E-state index < -0.39 is 12.3 Å². The Bertz CT molecular complexity index is 664. The van der Waals surface area contributed by atoms with Crippen LogP contribution in [0.5, 0.6) is 5.75 Å². The highest BCUT2D eigenvalue weighted by Crippen LogP contribution is 2.19. The topological polar surface area (TPSA) is 68.2 Å². The molecule has 2 unspecified atom stereocenters. The molecule has 6 nitrogen and oxygen atoms in total. The zero-order valence-corrected chi connectivity index (χ0v) is 13.8. The van der Waals surface area contributed by atoms with Crippen molar-refractivity contribution in [2.24, 2.45) is 0 Å². The minimum absolute atomic E-state index is 0.149. The molecule has 0 amide bonds. The molecule has 2 aromatic rings. The molecular weight excluding hydrogens is 322 g/mol. The summed E-state index contributed by atoms with van der Waals surface area (Å²) in [6.07, 6.45) is -1.32. The third kappa shape index (κ3) is 5.20. The molecule has 132 valence electrons. The van der Waals surface area contributed by atoms with Gasteiger partial charge in [-0.2, -0.15) is 0 Å². The number of hydrogen-bond acceptors (Lipinski definition) is 6. The van der Waals surface area contributed by atoms with Crippen molar-refractivity contribution >= 4 is 6.16 Å². The van der Waals surface area contributed by atoms with Gasteiger partial charge >= 0.3 is 6.16 Å². The van der Waals surface area contributed by atoms with Gasteiger partial charge in [-0.3, -0.25) is 0 Å². The predicted molar refractivity (Wildman–Crippen MR) is 90.8 cm³/mol. The number of carbonyl (C=O) groups excluding carboxylic acids is 1. The van der Waals surface area contributed by atoms with E-state index in [9.17, 15) is 9.90 Å². The van der Waals surface area contributed by atoms with E-state index in [4.69, 9.17) is 14.3 Å². The minimum atomic E-state index is -0.779. The van der Waals surface area contributed by atoms with Gasteiger partial charge in [-0.25, -0.2) is 4.79 Å². The van der Waals surface area contributed by atoms with Crippen LogP contribution < -0.4 is 4.74 Å². The molecular formula is C19H21NO5. The molecule has 1 aliphatic heterocycles. The number of aliphatic hydroxyl groups excluding tert-OH is 1. The lowest BCUT2D eigenvalue weighted by atomic mass is 10.1. The smallest absolute Gasteiger partial charge is 0.488 e. The fourth-order valence-corrected chi connectivity index (χ4v) is 2.62. The molecule has 1 heterocycles. The fourth-order valence-electron chi connectivity index (χ4n) is 2.62. The molecule has 3 rings (SSSR count). The van der Waals surface area contributed by atoms with Gasteiger partial charge in [0, 0.05) is 13.0 Å². The molecule has 1 fully saturated rings. The number of piperidine rings is 1. The summed E-state index contributed by atoms with van der Waals surface area (Å²) in [4.78, 5) is 16.9. The number of nitrogens with zero attached hydrogens (tertiary/aromatic N) is 1. The molecule has 1 aliphatic rings. The van der Waals surface area contributed by atoms with Crippen LogP contribution in [0.25, 0.3) is 0 Å². The highest BCUT2D eigenvalue weighted by molar-refractivity contribution is 5.59. The Kier molecular flexibility index (Phi) is 5.87. The molecule has 0 aromatic heterocycles. The number of para-hydroxylation sites is 1. The average molecular weight is 343 g/mol. The van der Waals surface area contributed by atoms with E-state index in [2.05, 4.69) is 0 Å². The Balaban J connectivity index is 1.42. The number of aliphatic hydroxyl groups is 1. The quantitative estimate of drug-likeness (QED) is 0.842. The summed E-state index contributed by atoms with van der Waals surface area (Å²) < 4.78 is 10.9. The van der Waals surface area contributed by atoms with Crippen LogP contribution >= 0.6 is 0 Å². The summed E-state index contributed by atoms with van der Waals surface area (Å²) in [6, 6.07) is 18.7. The molecule has 2 atom stereocenters. The van der Waals surface area contributed by atoms with Gasteiger partial charge in [0.25, 0.3) is 0 Å². The molecule has 0 aliphatic carbocycles. The number of ether oxygens (including phenoxy) is 2. The standard InChI is InChI=1S/C19H21NO5/c21-17-13-20(12-11-18(17)24-16-9-5-2-6-10-16)25-19(22)23-14-15-7-3-1-4-8-15/h1-10,17-18,21H,11-14H2. The van der Waals surface area contributed by atoms with Crippen LogP contribution in [-0.2, 0) is 16.2 Å². The molecule has 25 heavy (non-hydrogen) atoms. The largest absolute Gasteiger partial charge is 0.528 e. The van der Waals surface area contributed by atoms with Gasteiger partial charge in [-0.15, -0.1) is 5.06 Å². The Hall–Kier alpha value is -2.57. The predicted octanol–water partition coefficient (Wildman–Crippen LogP) is 2.77. The van der Waals surface area contributed by atoms with Crippen LogP contribution in [0.4, 0.5) is 4.79 Å². The summed E-state index contributed by atoms with van der Waals surface area (Å²) in [5.41, 5.74) is 0.884. The van der Waals surface area contributed by atoms with E-state index in [0.717, 1.165) is 5.56 Å². The second-order valence-corrected chi connectivity index (χ2v) is 5.83. The lowest BCUT2D eigenvalue weighted by molar-refractivity contribution is -0.175. The summed E-state index contributed by atoms with van der Waals surface area (Å²) in [5.74, 6) is 0.711. The average Bonchev–Trinajstić information content (AvgIpc) is 2.64. The van der Waals surface area contributed by atoms with Gasteiger partial charge in [0.05, 0.1) is 6.54 Å². The molecule has 6 heteroatoms. The Labute approximate surface area is 146 Å². The van der Waals surface area contributed by atoms with Crippen molar-refractivity contribution < 1.29 is 24.2 Å². The highest BCUT2D eigenvalue weighted by atomic mass is 16.8. The Morgan fingerprint density at radius 3 is 2.44 bits per heavy atom. The number of rotatable bonds is 5. The molecule has 0 saturated carbocycles. The number of β-amino-alcohol motifs (C(OH)–C–C–N with tert-alkyl or cyclic N) is 1. The van der Waals surface area contributed by atoms with Crippen molar-refractivity contribution in [3.8, 4) is 5.75 Å². The lowest BCUT2D eigenvalue weighted by Gasteiger charge is -2.34. The van der Waals surface area contributed by atoms with Crippen molar-refractivity contribution in [1.29, 1.82) is 0 Å². The van der Waals surface area contributed by atoms with Crippen molar-refractivity contribution in [2.45, 2.75) is 25.2 Å². The third-order valence-electron chi connectivity index (χ3n) is 3.92. The van der Waals surface area contributed by atoms with Gasteiger partial charge < -0.3 is 19.4 Å². The van der Waals surface area contributed by atoms with Crippen molar-refractivity contribution in [3.63, 3.8) is 0 Å². The zero-order chi connectivity index (χ0) is 17.5. The van der Waals surface area contributed by atoms with Crippen LogP contribution in [0.3, 0.4) is 0 Å². The number of hydroxylamine groups is 2. The monoisotopic (exact) mass is 343 g/mol. The Morgan fingerprint density at radius 1 is 1.08 bits per heavy atom. The molecule has 0 bridgehead atoms. The zero-order valence-electron chi connectivity index (χ0n) is 13.8. The summed E-state index contributed by atoms with van der Waals surface area (Å²) in [5, 5.41) is 11.6. The number of carbonyl (C=O) groups is 1. The first-order valence-electron chi connectivity index (χ1n) is 8.24. The van der Waals surface area contributed by atoms with Gasteiger partial charge in [-0.05, 0) is 17.7 Å². The van der Waals surface area contributed by atoms with E-state index in [1.807, 2.05) is 60.7 Å². The van der Waals surface area contributed by atoms with E-state index in [1.165, 1.54) is 5.06 Å². The SMILES string of the molecule is O=C(OCc1ccccc1)ON1CCC(Oc2ccccc2)C(O)C1.